The van der Waals surface area contributed by atoms with Crippen molar-refractivity contribution >= 4 is 29.0 Å². The monoisotopic (exact) mass is 291 g/mol. The van der Waals surface area contributed by atoms with Gasteiger partial charge in [-0.25, -0.2) is 4.79 Å². The number of nitrogens with zero attached hydrogens (tertiary/aromatic N) is 1. The summed E-state index contributed by atoms with van der Waals surface area (Å²) in [4.78, 5) is 15.2. The molecule has 104 valence electrons. The minimum absolute atomic E-state index is 0.145. The highest BCUT2D eigenvalue weighted by molar-refractivity contribution is 6.33. The molecule has 1 aromatic carbocycles. The summed E-state index contributed by atoms with van der Waals surface area (Å²) >= 11 is 6.25. The van der Waals surface area contributed by atoms with Crippen LogP contribution in [0.2, 0.25) is 5.02 Å². The van der Waals surface area contributed by atoms with E-state index in [-0.39, 0.29) is 12.4 Å². The summed E-state index contributed by atoms with van der Waals surface area (Å²) < 4.78 is 0. The minimum atomic E-state index is -0.990. The number of carbonyl (C=O) groups is 1. The molecule has 3 N–H and O–H groups in total. The normalized spacial score (nSPS) is 17.9. The van der Waals surface area contributed by atoms with Gasteiger partial charge in [0, 0.05) is 11.6 Å². The highest BCUT2D eigenvalue weighted by Gasteiger charge is 2.22. The fraction of sp³-hybridized carbons (Fsp3) is 0.286. The van der Waals surface area contributed by atoms with Crippen LogP contribution in [0, 0.1) is 0 Å². The third-order valence-corrected chi connectivity index (χ3v) is 3.54. The predicted octanol–water partition coefficient (Wildman–Crippen LogP) is 2.23. The Bertz CT molecular complexity index is 621. The first-order valence-corrected chi connectivity index (χ1v) is 6.81. The molecule has 20 heavy (non-hydrogen) atoms. The van der Waals surface area contributed by atoms with Crippen LogP contribution in [0.15, 0.2) is 35.0 Å². The van der Waals surface area contributed by atoms with Gasteiger partial charge in [0.05, 0.1) is 16.4 Å². The van der Waals surface area contributed by atoms with E-state index < -0.39 is 5.97 Å². The Morgan fingerprint density at radius 1 is 1.45 bits per heavy atom. The van der Waals surface area contributed by atoms with Gasteiger partial charge in [-0.3, -0.25) is 4.99 Å². The van der Waals surface area contributed by atoms with E-state index in [9.17, 15) is 4.79 Å². The highest BCUT2D eigenvalue weighted by Crippen LogP contribution is 2.30. The number of carboxylic acid groups (broad SMARTS) is 1. The average Bonchev–Trinajstić information content (AvgIpc) is 3.25. The molecule has 0 atom stereocenters. The number of nitrogens with one attached hydrogen (secondary N) is 2. The van der Waals surface area contributed by atoms with E-state index in [4.69, 9.17) is 16.7 Å². The second-order valence-corrected chi connectivity index (χ2v) is 5.26. The molecule has 0 unspecified atom stereocenters. The van der Waals surface area contributed by atoms with Gasteiger partial charge in [-0.2, -0.15) is 0 Å². The van der Waals surface area contributed by atoms with E-state index in [1.165, 1.54) is 18.9 Å². The molecular formula is C14H14ClN3O2. The Balaban J connectivity index is 1.85. The lowest BCUT2D eigenvalue weighted by Gasteiger charge is -2.14. The molecule has 0 bridgehead atoms. The summed E-state index contributed by atoms with van der Waals surface area (Å²) in [6.45, 7) is 0.257. The number of hydrogen-bond acceptors (Lipinski definition) is 4. The summed E-state index contributed by atoms with van der Waals surface area (Å²) in [5, 5.41) is 15.7. The van der Waals surface area contributed by atoms with Gasteiger partial charge in [-0.15, -0.1) is 0 Å². The molecule has 2 aliphatic rings. The van der Waals surface area contributed by atoms with Crippen LogP contribution in [0.5, 0.6) is 0 Å². The number of benzene rings is 1. The zero-order valence-corrected chi connectivity index (χ0v) is 11.4. The van der Waals surface area contributed by atoms with Gasteiger partial charge in [0.2, 0.25) is 0 Å². The molecule has 6 heteroatoms. The number of carboxylic acids is 1. The number of hydrogen-bond donors (Lipinski definition) is 3. The number of rotatable bonds is 4. The second-order valence-electron chi connectivity index (χ2n) is 4.85. The standard InChI is InChI=1S/C14H14ClN3O2/c15-10-5-8(1-4-11(10)18-9-2-3-9)12-6-13(14(19)20)17-7-16-12/h1,4-6,9,17-18H,2-3,7H2,(H,19,20). The molecule has 1 aliphatic heterocycles. The SMILES string of the molecule is O=C(O)C1=CC(c2ccc(NC3CC3)c(Cl)c2)=NCN1. The van der Waals surface area contributed by atoms with E-state index in [1.54, 1.807) is 0 Å². The number of aliphatic imine (C=N–C) groups is 1. The first-order valence-electron chi connectivity index (χ1n) is 6.43. The van der Waals surface area contributed by atoms with Crippen molar-refractivity contribution in [2.75, 3.05) is 12.0 Å². The number of allylic oxidation sites excluding steroid dienone is 1. The van der Waals surface area contributed by atoms with Gasteiger partial charge in [0.15, 0.2) is 0 Å². The smallest absolute Gasteiger partial charge is 0.352 e. The van der Waals surface area contributed by atoms with Gasteiger partial charge in [-0.1, -0.05) is 17.7 Å². The number of anilines is 1. The molecule has 0 radical (unpaired) electrons. The first-order chi connectivity index (χ1) is 9.63. The fourth-order valence-electron chi connectivity index (χ4n) is 1.99. The zero-order valence-electron chi connectivity index (χ0n) is 10.7. The number of halogens is 1. The molecule has 1 aromatic rings. The third kappa shape index (κ3) is 2.77. The third-order valence-electron chi connectivity index (χ3n) is 3.23. The molecule has 1 aliphatic carbocycles. The van der Waals surface area contributed by atoms with Crippen LogP contribution >= 0.6 is 11.6 Å². The van der Waals surface area contributed by atoms with Crippen molar-refractivity contribution in [1.82, 2.24) is 5.32 Å². The van der Waals surface area contributed by atoms with Gasteiger partial charge < -0.3 is 15.7 Å². The molecule has 0 amide bonds. The van der Waals surface area contributed by atoms with Crippen LogP contribution in [0.1, 0.15) is 18.4 Å². The molecule has 1 fully saturated rings. The van der Waals surface area contributed by atoms with Crippen molar-refractivity contribution in [1.29, 1.82) is 0 Å². The molecule has 0 saturated heterocycles. The van der Waals surface area contributed by atoms with Crippen LogP contribution in [-0.2, 0) is 4.79 Å². The maximum Gasteiger partial charge on any atom is 0.352 e. The van der Waals surface area contributed by atoms with E-state index in [0.29, 0.717) is 16.8 Å². The average molecular weight is 292 g/mol. The molecule has 1 saturated carbocycles. The molecular weight excluding hydrogens is 278 g/mol. The van der Waals surface area contributed by atoms with E-state index in [2.05, 4.69) is 15.6 Å². The lowest BCUT2D eigenvalue weighted by atomic mass is 10.1. The van der Waals surface area contributed by atoms with Gasteiger partial charge in [0.25, 0.3) is 0 Å². The Kier molecular flexibility index (Phi) is 3.36. The summed E-state index contributed by atoms with van der Waals surface area (Å²) in [6.07, 6.45) is 3.88. The minimum Gasteiger partial charge on any atom is -0.477 e. The fourth-order valence-corrected chi connectivity index (χ4v) is 2.23. The molecule has 0 spiro atoms. The lowest BCUT2D eigenvalue weighted by Crippen LogP contribution is -2.26. The van der Waals surface area contributed by atoms with E-state index in [1.807, 2.05) is 18.2 Å². The Morgan fingerprint density at radius 2 is 2.25 bits per heavy atom. The Labute approximate surface area is 121 Å². The Hall–Kier alpha value is -2.01. The predicted molar refractivity (Wildman–Crippen MR) is 78.4 cm³/mol. The summed E-state index contributed by atoms with van der Waals surface area (Å²) in [6, 6.07) is 6.16. The van der Waals surface area contributed by atoms with Crippen molar-refractivity contribution < 1.29 is 9.90 Å². The van der Waals surface area contributed by atoms with Crippen molar-refractivity contribution in [3.63, 3.8) is 0 Å². The second kappa shape index (κ2) is 5.17. The summed E-state index contributed by atoms with van der Waals surface area (Å²) in [5.74, 6) is -0.990. The molecule has 3 rings (SSSR count). The molecule has 5 nitrogen and oxygen atoms in total. The van der Waals surface area contributed by atoms with Gasteiger partial charge in [0.1, 0.15) is 12.4 Å². The van der Waals surface area contributed by atoms with E-state index >= 15 is 0 Å². The summed E-state index contributed by atoms with van der Waals surface area (Å²) in [7, 11) is 0. The lowest BCUT2D eigenvalue weighted by molar-refractivity contribution is -0.133. The largest absolute Gasteiger partial charge is 0.477 e. The van der Waals surface area contributed by atoms with Crippen molar-refractivity contribution in [3.8, 4) is 0 Å². The van der Waals surface area contributed by atoms with Gasteiger partial charge in [-0.05, 0) is 31.1 Å². The van der Waals surface area contributed by atoms with Crippen LogP contribution < -0.4 is 10.6 Å². The van der Waals surface area contributed by atoms with Crippen molar-refractivity contribution in [3.05, 3.63) is 40.6 Å². The maximum atomic E-state index is 11.0. The van der Waals surface area contributed by atoms with Crippen molar-refractivity contribution in [2.45, 2.75) is 18.9 Å². The van der Waals surface area contributed by atoms with Crippen LogP contribution in [0.3, 0.4) is 0 Å². The maximum absolute atomic E-state index is 11.0. The topological polar surface area (TPSA) is 73.7 Å². The summed E-state index contributed by atoms with van der Waals surface area (Å²) in [5.41, 5.74) is 2.50. The highest BCUT2D eigenvalue weighted by atomic mass is 35.5. The molecule has 1 heterocycles. The van der Waals surface area contributed by atoms with E-state index in [0.717, 1.165) is 11.3 Å². The number of aliphatic carboxylic acids is 1. The first kappa shape index (κ1) is 13.0. The quantitative estimate of drug-likeness (QED) is 0.795. The van der Waals surface area contributed by atoms with Crippen LogP contribution in [0.25, 0.3) is 0 Å². The van der Waals surface area contributed by atoms with Crippen LogP contribution in [0.4, 0.5) is 5.69 Å². The zero-order chi connectivity index (χ0) is 14.1. The molecule has 0 aromatic heterocycles. The van der Waals surface area contributed by atoms with Crippen molar-refractivity contribution in [2.24, 2.45) is 4.99 Å². The Morgan fingerprint density at radius 3 is 2.90 bits per heavy atom. The van der Waals surface area contributed by atoms with Crippen LogP contribution in [-0.4, -0.2) is 29.5 Å². The van der Waals surface area contributed by atoms with Gasteiger partial charge >= 0.3 is 5.97 Å².